The van der Waals surface area contributed by atoms with Gasteiger partial charge in [-0.05, 0) is 24.7 Å². The summed E-state index contributed by atoms with van der Waals surface area (Å²) in [5.41, 5.74) is 0. The summed E-state index contributed by atoms with van der Waals surface area (Å²) < 4.78 is 0. The quantitative estimate of drug-likeness (QED) is 0.701. The first-order chi connectivity index (χ1) is 6.99. The highest BCUT2D eigenvalue weighted by atomic mass is 16.4. The molecule has 1 unspecified atom stereocenters. The van der Waals surface area contributed by atoms with Crippen molar-refractivity contribution in [1.82, 2.24) is 5.32 Å². The van der Waals surface area contributed by atoms with E-state index in [9.17, 15) is 9.59 Å². The molecule has 0 heterocycles. The van der Waals surface area contributed by atoms with Gasteiger partial charge in [0.1, 0.15) is 0 Å². The molecule has 1 rings (SSSR count). The van der Waals surface area contributed by atoms with Gasteiger partial charge in [-0.15, -0.1) is 0 Å². The van der Waals surface area contributed by atoms with Crippen molar-refractivity contribution in [1.29, 1.82) is 0 Å². The van der Waals surface area contributed by atoms with Gasteiger partial charge in [0.05, 0.1) is 6.42 Å². The van der Waals surface area contributed by atoms with Gasteiger partial charge in [0.15, 0.2) is 0 Å². The predicted octanol–water partition coefficient (Wildman–Crippen LogP) is 1.40. The Morgan fingerprint density at radius 1 is 1.40 bits per heavy atom. The van der Waals surface area contributed by atoms with E-state index in [-0.39, 0.29) is 24.3 Å². The molecule has 2 N–H and O–H groups in total. The second-order valence-electron chi connectivity index (χ2n) is 4.66. The molecule has 0 radical (unpaired) electrons. The fraction of sp³-hybridized carbons (Fsp3) is 0.818. The van der Waals surface area contributed by atoms with E-state index in [2.05, 4.69) is 5.32 Å². The van der Waals surface area contributed by atoms with E-state index in [0.717, 1.165) is 12.8 Å². The van der Waals surface area contributed by atoms with Crippen molar-refractivity contribution in [2.24, 2.45) is 11.8 Å². The maximum Gasteiger partial charge on any atom is 0.305 e. The Hall–Kier alpha value is -1.06. The molecule has 0 aromatic heterocycles. The van der Waals surface area contributed by atoms with Gasteiger partial charge in [0, 0.05) is 12.5 Å². The van der Waals surface area contributed by atoms with E-state index in [1.807, 2.05) is 13.8 Å². The number of hydrogen-bond acceptors (Lipinski definition) is 2. The average molecular weight is 213 g/mol. The van der Waals surface area contributed by atoms with Crippen LogP contribution in [0.25, 0.3) is 0 Å². The van der Waals surface area contributed by atoms with Crippen molar-refractivity contribution in [2.45, 2.75) is 45.6 Å². The monoisotopic (exact) mass is 213 g/mol. The molecule has 4 nitrogen and oxygen atoms in total. The molecule has 15 heavy (non-hydrogen) atoms. The van der Waals surface area contributed by atoms with Crippen LogP contribution in [0, 0.1) is 11.8 Å². The van der Waals surface area contributed by atoms with Crippen LogP contribution in [-0.2, 0) is 9.59 Å². The van der Waals surface area contributed by atoms with Crippen LogP contribution >= 0.6 is 0 Å². The van der Waals surface area contributed by atoms with Crippen LogP contribution in [-0.4, -0.2) is 23.0 Å². The van der Waals surface area contributed by atoms with Crippen LogP contribution in [0.2, 0.25) is 0 Å². The predicted molar refractivity (Wildman–Crippen MR) is 56.4 cm³/mol. The molecule has 0 spiro atoms. The van der Waals surface area contributed by atoms with E-state index >= 15 is 0 Å². The fourth-order valence-corrected chi connectivity index (χ4v) is 1.49. The zero-order valence-corrected chi connectivity index (χ0v) is 9.32. The SMILES string of the molecule is CC(C)C(CC(=O)O)NC(=O)CC1CC1. The lowest BCUT2D eigenvalue weighted by atomic mass is 10.0. The molecular weight excluding hydrogens is 194 g/mol. The van der Waals surface area contributed by atoms with Crippen molar-refractivity contribution in [3.8, 4) is 0 Å². The van der Waals surface area contributed by atoms with E-state index in [0.29, 0.717) is 12.3 Å². The Balaban J connectivity index is 2.34. The van der Waals surface area contributed by atoms with Crippen LogP contribution in [0.15, 0.2) is 0 Å². The van der Waals surface area contributed by atoms with Gasteiger partial charge in [-0.1, -0.05) is 13.8 Å². The third-order valence-corrected chi connectivity index (χ3v) is 2.72. The Morgan fingerprint density at radius 2 is 2.00 bits per heavy atom. The third kappa shape index (κ3) is 4.81. The highest BCUT2D eigenvalue weighted by Gasteiger charge is 2.26. The summed E-state index contributed by atoms with van der Waals surface area (Å²) in [4.78, 5) is 22.1. The average Bonchev–Trinajstić information content (AvgIpc) is 2.85. The third-order valence-electron chi connectivity index (χ3n) is 2.72. The number of carbonyl (C=O) groups is 2. The summed E-state index contributed by atoms with van der Waals surface area (Å²) in [5, 5.41) is 11.5. The first-order valence-corrected chi connectivity index (χ1v) is 5.50. The van der Waals surface area contributed by atoms with Gasteiger partial charge in [0.2, 0.25) is 5.91 Å². The molecule has 1 aliphatic rings. The molecule has 1 atom stereocenters. The molecule has 0 bridgehead atoms. The lowest BCUT2D eigenvalue weighted by Crippen LogP contribution is -2.40. The maximum absolute atomic E-state index is 11.5. The molecule has 4 heteroatoms. The zero-order valence-electron chi connectivity index (χ0n) is 9.32. The van der Waals surface area contributed by atoms with Gasteiger partial charge in [-0.3, -0.25) is 9.59 Å². The minimum absolute atomic E-state index is 0.00236. The van der Waals surface area contributed by atoms with Crippen molar-refractivity contribution in [3.05, 3.63) is 0 Å². The fourth-order valence-electron chi connectivity index (χ4n) is 1.49. The van der Waals surface area contributed by atoms with E-state index in [1.54, 1.807) is 0 Å². The molecule has 1 fully saturated rings. The Kier molecular flexibility index (Phi) is 4.12. The molecule has 0 aromatic rings. The molecule has 1 amide bonds. The topological polar surface area (TPSA) is 66.4 Å². The number of aliphatic carboxylic acids is 1. The van der Waals surface area contributed by atoms with Crippen LogP contribution in [0.3, 0.4) is 0 Å². The Morgan fingerprint density at radius 3 is 2.40 bits per heavy atom. The number of amides is 1. The lowest BCUT2D eigenvalue weighted by molar-refractivity contribution is -0.138. The number of carboxylic acids is 1. The summed E-state index contributed by atoms with van der Waals surface area (Å²) in [6.07, 6.45) is 2.84. The summed E-state index contributed by atoms with van der Waals surface area (Å²) in [7, 11) is 0. The molecular formula is C11H19NO3. The van der Waals surface area contributed by atoms with Crippen LogP contribution in [0.1, 0.15) is 39.5 Å². The number of rotatable bonds is 6. The molecule has 0 saturated heterocycles. The number of carbonyl (C=O) groups excluding carboxylic acids is 1. The van der Waals surface area contributed by atoms with Gasteiger partial charge in [-0.2, -0.15) is 0 Å². The zero-order chi connectivity index (χ0) is 11.4. The lowest BCUT2D eigenvalue weighted by Gasteiger charge is -2.20. The van der Waals surface area contributed by atoms with E-state index in [1.165, 1.54) is 0 Å². The minimum atomic E-state index is -0.861. The number of nitrogens with one attached hydrogen (secondary N) is 1. The highest BCUT2D eigenvalue weighted by Crippen LogP contribution is 2.32. The van der Waals surface area contributed by atoms with Crippen molar-refractivity contribution >= 4 is 11.9 Å². The summed E-state index contributed by atoms with van der Waals surface area (Å²) in [6.45, 7) is 3.84. The summed E-state index contributed by atoms with van der Waals surface area (Å²) in [5.74, 6) is -0.162. The van der Waals surface area contributed by atoms with Gasteiger partial charge < -0.3 is 10.4 Å². The standard InChI is InChI=1S/C11H19NO3/c1-7(2)9(6-11(14)15)12-10(13)5-8-3-4-8/h7-9H,3-6H2,1-2H3,(H,12,13)(H,14,15). The molecule has 1 saturated carbocycles. The van der Waals surface area contributed by atoms with Crippen LogP contribution in [0.5, 0.6) is 0 Å². The second kappa shape index (κ2) is 5.14. The molecule has 86 valence electrons. The first-order valence-electron chi connectivity index (χ1n) is 5.50. The summed E-state index contributed by atoms with van der Waals surface area (Å²) >= 11 is 0. The molecule has 1 aliphatic carbocycles. The van der Waals surface area contributed by atoms with Gasteiger partial charge >= 0.3 is 5.97 Å². The minimum Gasteiger partial charge on any atom is -0.481 e. The number of carboxylic acid groups (broad SMARTS) is 1. The van der Waals surface area contributed by atoms with E-state index < -0.39 is 5.97 Å². The van der Waals surface area contributed by atoms with Crippen LogP contribution < -0.4 is 5.32 Å². The highest BCUT2D eigenvalue weighted by molar-refractivity contribution is 5.77. The van der Waals surface area contributed by atoms with Crippen molar-refractivity contribution in [3.63, 3.8) is 0 Å². The first kappa shape index (κ1) is 12.0. The Labute approximate surface area is 90.0 Å². The van der Waals surface area contributed by atoms with Gasteiger partial charge in [-0.25, -0.2) is 0 Å². The smallest absolute Gasteiger partial charge is 0.305 e. The maximum atomic E-state index is 11.5. The number of hydrogen-bond donors (Lipinski definition) is 2. The van der Waals surface area contributed by atoms with Crippen molar-refractivity contribution < 1.29 is 14.7 Å². The van der Waals surface area contributed by atoms with Gasteiger partial charge in [0.25, 0.3) is 0 Å². The molecule has 0 aromatic carbocycles. The second-order valence-corrected chi connectivity index (χ2v) is 4.66. The largest absolute Gasteiger partial charge is 0.481 e. The van der Waals surface area contributed by atoms with E-state index in [4.69, 9.17) is 5.11 Å². The summed E-state index contributed by atoms with van der Waals surface area (Å²) in [6, 6.07) is -0.242. The van der Waals surface area contributed by atoms with Crippen LogP contribution in [0.4, 0.5) is 0 Å². The Bertz CT molecular complexity index is 246. The van der Waals surface area contributed by atoms with Crippen molar-refractivity contribution in [2.75, 3.05) is 0 Å². The normalized spacial score (nSPS) is 17.5. The molecule has 0 aliphatic heterocycles.